The summed E-state index contributed by atoms with van der Waals surface area (Å²) >= 11 is 0. The number of ketones is 1. The molecule has 0 saturated heterocycles. The van der Waals surface area contributed by atoms with Gasteiger partial charge in [-0.15, -0.1) is 0 Å². The van der Waals surface area contributed by atoms with E-state index in [1.165, 1.54) is 13.0 Å². The second kappa shape index (κ2) is 13.6. The SMILES string of the molecule is C/C(=C\C(=O)c1ccccc1)OC(=O)[C@H](Cc1ccc(OC(C)(C)C)cc1)NC(=O)OCC1c2ccccc2-c2ccccc21. The molecule has 0 unspecified atom stereocenters. The van der Waals surface area contributed by atoms with Gasteiger partial charge in [-0.3, -0.25) is 4.79 Å². The number of hydrogen-bond acceptors (Lipinski definition) is 6. The van der Waals surface area contributed by atoms with Crippen molar-refractivity contribution in [3.63, 3.8) is 0 Å². The number of nitrogens with one attached hydrogen (secondary N) is 1. The largest absolute Gasteiger partial charge is 0.488 e. The number of ether oxygens (including phenoxy) is 3. The second-order valence-electron chi connectivity index (χ2n) is 12.0. The van der Waals surface area contributed by atoms with Gasteiger partial charge < -0.3 is 19.5 Å². The summed E-state index contributed by atoms with van der Waals surface area (Å²) in [5, 5.41) is 2.70. The van der Waals surface area contributed by atoms with Gasteiger partial charge in [0.15, 0.2) is 5.78 Å². The molecule has 45 heavy (non-hydrogen) atoms. The quantitative estimate of drug-likeness (QED) is 0.0867. The zero-order chi connectivity index (χ0) is 32.0. The average molecular weight is 604 g/mol. The number of benzene rings is 4. The minimum atomic E-state index is -1.08. The van der Waals surface area contributed by atoms with Gasteiger partial charge in [0.25, 0.3) is 0 Å². The third kappa shape index (κ3) is 8.06. The van der Waals surface area contributed by atoms with Crippen LogP contribution in [0.3, 0.4) is 0 Å². The van der Waals surface area contributed by atoms with Crippen LogP contribution < -0.4 is 10.1 Å². The molecular weight excluding hydrogens is 566 g/mol. The van der Waals surface area contributed by atoms with Gasteiger partial charge in [-0.25, -0.2) is 9.59 Å². The van der Waals surface area contributed by atoms with E-state index in [2.05, 4.69) is 17.4 Å². The summed E-state index contributed by atoms with van der Waals surface area (Å²) in [5.41, 5.74) is 5.30. The van der Waals surface area contributed by atoms with Crippen molar-refractivity contribution < 1.29 is 28.6 Å². The summed E-state index contributed by atoms with van der Waals surface area (Å²) in [6.45, 7) is 7.52. The van der Waals surface area contributed by atoms with Gasteiger partial charge in [-0.2, -0.15) is 0 Å². The van der Waals surface area contributed by atoms with Crippen molar-refractivity contribution in [1.82, 2.24) is 5.32 Å². The van der Waals surface area contributed by atoms with Gasteiger partial charge >= 0.3 is 12.1 Å². The molecule has 1 N–H and O–H groups in total. The first-order chi connectivity index (χ1) is 21.6. The summed E-state index contributed by atoms with van der Waals surface area (Å²) in [7, 11) is 0. The first kappa shape index (κ1) is 31.3. The highest BCUT2D eigenvalue weighted by Gasteiger charge is 2.30. The van der Waals surface area contributed by atoms with Crippen molar-refractivity contribution in [3.05, 3.63) is 137 Å². The number of alkyl carbamates (subject to hydrolysis) is 1. The molecule has 0 bridgehead atoms. The van der Waals surface area contributed by atoms with E-state index in [9.17, 15) is 14.4 Å². The highest BCUT2D eigenvalue weighted by Crippen LogP contribution is 2.44. The normalized spacial score (nSPS) is 13.3. The van der Waals surface area contributed by atoms with Crippen LogP contribution in [0, 0.1) is 0 Å². The molecular formula is C38H37NO6. The maximum atomic E-state index is 13.4. The Morgan fingerprint density at radius 1 is 0.800 bits per heavy atom. The van der Waals surface area contributed by atoms with E-state index in [1.807, 2.05) is 87.5 Å². The van der Waals surface area contributed by atoms with E-state index < -0.39 is 18.1 Å². The Hall–Kier alpha value is -5.17. The lowest BCUT2D eigenvalue weighted by Gasteiger charge is -2.22. The number of rotatable bonds is 10. The lowest BCUT2D eigenvalue weighted by molar-refractivity contribution is -0.141. The highest BCUT2D eigenvalue weighted by molar-refractivity contribution is 6.04. The minimum Gasteiger partial charge on any atom is -0.488 e. The van der Waals surface area contributed by atoms with Crippen molar-refractivity contribution in [2.75, 3.05) is 6.61 Å². The Bertz CT molecular complexity index is 1660. The molecule has 1 amide bonds. The van der Waals surface area contributed by atoms with E-state index in [4.69, 9.17) is 14.2 Å². The van der Waals surface area contributed by atoms with Crippen LogP contribution in [-0.4, -0.2) is 36.1 Å². The summed E-state index contributed by atoms with van der Waals surface area (Å²) in [4.78, 5) is 39.2. The first-order valence-electron chi connectivity index (χ1n) is 15.0. The Kier molecular flexibility index (Phi) is 9.48. The van der Waals surface area contributed by atoms with Crippen LogP contribution in [0.2, 0.25) is 0 Å². The second-order valence-corrected chi connectivity index (χ2v) is 12.0. The van der Waals surface area contributed by atoms with Crippen LogP contribution in [0.25, 0.3) is 11.1 Å². The van der Waals surface area contributed by atoms with Gasteiger partial charge in [0.1, 0.15) is 29.8 Å². The van der Waals surface area contributed by atoms with E-state index in [0.717, 1.165) is 27.8 Å². The summed E-state index contributed by atoms with van der Waals surface area (Å²) < 4.78 is 17.2. The number of allylic oxidation sites excluding steroid dienone is 2. The summed E-state index contributed by atoms with van der Waals surface area (Å²) in [5.74, 6) is -0.335. The Labute approximate surface area is 263 Å². The molecule has 5 rings (SSSR count). The van der Waals surface area contributed by atoms with Crippen molar-refractivity contribution in [2.24, 2.45) is 0 Å². The molecule has 4 aromatic carbocycles. The maximum absolute atomic E-state index is 13.4. The van der Waals surface area contributed by atoms with Gasteiger partial charge in [-0.1, -0.05) is 91.0 Å². The molecule has 0 aliphatic heterocycles. The standard InChI is InChI=1S/C38H37NO6/c1-25(22-35(40)27-12-6-5-7-13-27)44-36(41)34(23-26-18-20-28(21-19-26)45-38(2,3)4)39-37(42)43-24-33-31-16-10-8-14-29(31)30-15-9-11-17-32(30)33/h5-22,33-34H,23-24H2,1-4H3,(H,39,42)/b25-22+/t34-/m0/s1. The summed E-state index contributed by atoms with van der Waals surface area (Å²) in [6, 6.07) is 31.1. The Balaban J connectivity index is 1.29. The fourth-order valence-corrected chi connectivity index (χ4v) is 5.39. The number of amides is 1. The molecule has 230 valence electrons. The van der Waals surface area contributed by atoms with E-state index in [1.54, 1.807) is 24.3 Å². The van der Waals surface area contributed by atoms with Gasteiger partial charge in [-0.05, 0) is 67.6 Å². The lowest BCUT2D eigenvalue weighted by atomic mass is 9.98. The molecule has 0 radical (unpaired) electrons. The van der Waals surface area contributed by atoms with Crippen LogP contribution in [0.4, 0.5) is 4.79 Å². The number of esters is 1. The number of fused-ring (bicyclic) bond motifs is 3. The lowest BCUT2D eigenvalue weighted by Crippen LogP contribution is -2.43. The molecule has 0 fully saturated rings. The third-order valence-electron chi connectivity index (χ3n) is 7.36. The number of carbonyl (C=O) groups is 3. The van der Waals surface area contributed by atoms with Crippen molar-refractivity contribution in [1.29, 1.82) is 0 Å². The van der Waals surface area contributed by atoms with Crippen molar-refractivity contribution in [2.45, 2.75) is 51.7 Å². The fourth-order valence-electron chi connectivity index (χ4n) is 5.39. The predicted octanol–water partition coefficient (Wildman–Crippen LogP) is 7.64. The van der Waals surface area contributed by atoms with Crippen LogP contribution in [0.5, 0.6) is 5.75 Å². The number of hydrogen-bond donors (Lipinski definition) is 1. The molecule has 1 atom stereocenters. The molecule has 0 spiro atoms. The zero-order valence-electron chi connectivity index (χ0n) is 25.9. The van der Waals surface area contributed by atoms with Crippen LogP contribution in [0.1, 0.15) is 60.7 Å². The van der Waals surface area contributed by atoms with Crippen LogP contribution >= 0.6 is 0 Å². The Morgan fingerprint density at radius 2 is 1.38 bits per heavy atom. The monoisotopic (exact) mass is 603 g/mol. The smallest absolute Gasteiger partial charge is 0.407 e. The van der Waals surface area contributed by atoms with E-state index in [0.29, 0.717) is 11.3 Å². The first-order valence-corrected chi connectivity index (χ1v) is 15.0. The molecule has 0 saturated carbocycles. The zero-order valence-corrected chi connectivity index (χ0v) is 25.9. The van der Waals surface area contributed by atoms with Gasteiger partial charge in [0.05, 0.1) is 0 Å². The van der Waals surface area contributed by atoms with Gasteiger partial charge in [0, 0.05) is 24.0 Å². The minimum absolute atomic E-state index is 0.102. The molecule has 4 aromatic rings. The summed E-state index contributed by atoms with van der Waals surface area (Å²) in [6.07, 6.45) is 0.656. The highest BCUT2D eigenvalue weighted by atomic mass is 16.6. The fraction of sp³-hybridized carbons (Fsp3) is 0.237. The average Bonchev–Trinajstić information content (AvgIpc) is 3.33. The molecule has 0 heterocycles. The van der Waals surface area contributed by atoms with Crippen LogP contribution in [-0.2, 0) is 20.7 Å². The topological polar surface area (TPSA) is 90.9 Å². The molecule has 0 aromatic heterocycles. The van der Waals surface area contributed by atoms with Gasteiger partial charge in [0.2, 0.25) is 0 Å². The van der Waals surface area contributed by atoms with E-state index >= 15 is 0 Å². The van der Waals surface area contributed by atoms with Crippen molar-refractivity contribution >= 4 is 17.8 Å². The van der Waals surface area contributed by atoms with E-state index in [-0.39, 0.29) is 36.1 Å². The Morgan fingerprint density at radius 3 is 1.98 bits per heavy atom. The third-order valence-corrected chi connectivity index (χ3v) is 7.36. The van der Waals surface area contributed by atoms with Crippen LogP contribution in [0.15, 0.2) is 115 Å². The molecule has 7 heteroatoms. The van der Waals surface area contributed by atoms with Crippen molar-refractivity contribution in [3.8, 4) is 16.9 Å². The predicted molar refractivity (Wildman–Crippen MR) is 173 cm³/mol. The molecule has 7 nitrogen and oxygen atoms in total. The molecule has 1 aliphatic carbocycles. The maximum Gasteiger partial charge on any atom is 0.407 e. The number of carbonyl (C=O) groups excluding carboxylic acids is 3. The molecule has 1 aliphatic rings.